The van der Waals surface area contributed by atoms with Crippen molar-refractivity contribution in [1.29, 1.82) is 0 Å². The van der Waals surface area contributed by atoms with Crippen LogP contribution in [-0.2, 0) is 9.47 Å². The van der Waals surface area contributed by atoms with Crippen molar-refractivity contribution in [3.63, 3.8) is 0 Å². The highest BCUT2D eigenvalue weighted by molar-refractivity contribution is 5.68. The summed E-state index contributed by atoms with van der Waals surface area (Å²) in [5.41, 5.74) is -0.487. The molecule has 0 saturated carbocycles. The van der Waals surface area contributed by atoms with Gasteiger partial charge in [0.05, 0.1) is 19.3 Å². The zero-order chi connectivity index (χ0) is 12.9. The standard InChI is InChI=1S/C12H20N2O3/c1-12(2,3)17-11(15)14(7-5-6-13-4)8-10-9-16-10/h10H,5-9H2,1-3H3. The van der Waals surface area contributed by atoms with E-state index in [9.17, 15) is 4.79 Å². The summed E-state index contributed by atoms with van der Waals surface area (Å²) in [5.74, 6) is 0. The van der Waals surface area contributed by atoms with Crippen LogP contribution in [0.1, 0.15) is 27.2 Å². The average molecular weight is 240 g/mol. The van der Waals surface area contributed by atoms with Crippen LogP contribution in [0.25, 0.3) is 4.85 Å². The van der Waals surface area contributed by atoms with Gasteiger partial charge in [0, 0.05) is 13.0 Å². The molecule has 0 radical (unpaired) electrons. The van der Waals surface area contributed by atoms with Crippen LogP contribution in [0.5, 0.6) is 0 Å². The Labute approximate surface area is 102 Å². The molecule has 0 aromatic carbocycles. The van der Waals surface area contributed by atoms with Gasteiger partial charge in [-0.25, -0.2) is 11.4 Å². The molecule has 0 aliphatic carbocycles. The fourth-order valence-corrected chi connectivity index (χ4v) is 1.34. The number of carbonyl (C=O) groups is 1. The molecule has 5 nitrogen and oxygen atoms in total. The largest absolute Gasteiger partial charge is 0.444 e. The van der Waals surface area contributed by atoms with E-state index in [2.05, 4.69) is 4.85 Å². The summed E-state index contributed by atoms with van der Waals surface area (Å²) in [6.45, 7) is 14.5. The van der Waals surface area contributed by atoms with E-state index in [4.69, 9.17) is 16.0 Å². The van der Waals surface area contributed by atoms with E-state index < -0.39 is 5.60 Å². The highest BCUT2D eigenvalue weighted by atomic mass is 16.6. The highest BCUT2D eigenvalue weighted by Gasteiger charge is 2.30. The molecular formula is C12H20N2O3. The third-order valence-electron chi connectivity index (χ3n) is 2.18. The van der Waals surface area contributed by atoms with E-state index in [0.717, 1.165) is 0 Å². The fraction of sp³-hybridized carbons (Fsp3) is 0.833. The molecule has 1 aliphatic rings. The smallest absolute Gasteiger partial charge is 0.410 e. The van der Waals surface area contributed by atoms with E-state index >= 15 is 0 Å². The van der Waals surface area contributed by atoms with Crippen LogP contribution in [0.2, 0.25) is 0 Å². The molecular weight excluding hydrogens is 220 g/mol. The predicted molar refractivity (Wildman–Crippen MR) is 63.6 cm³/mol. The first kappa shape index (κ1) is 13.8. The Bertz CT molecular complexity index is 300. The maximum absolute atomic E-state index is 11.9. The number of carbonyl (C=O) groups excluding carboxylic acids is 1. The molecule has 96 valence electrons. The van der Waals surface area contributed by atoms with E-state index in [1.165, 1.54) is 0 Å². The van der Waals surface area contributed by atoms with Crippen LogP contribution in [-0.4, -0.2) is 48.9 Å². The molecule has 1 fully saturated rings. The SMILES string of the molecule is [C-]#[N+]CCCN(CC1CO1)C(=O)OC(C)(C)C. The first-order valence-corrected chi connectivity index (χ1v) is 5.85. The van der Waals surface area contributed by atoms with Crippen molar-refractivity contribution in [3.8, 4) is 0 Å². The molecule has 1 aliphatic heterocycles. The van der Waals surface area contributed by atoms with Gasteiger partial charge < -0.3 is 19.2 Å². The van der Waals surface area contributed by atoms with E-state index in [1.54, 1.807) is 4.90 Å². The fourth-order valence-electron chi connectivity index (χ4n) is 1.34. The molecule has 0 N–H and O–H groups in total. The second-order valence-corrected chi connectivity index (χ2v) is 5.12. The number of hydrogen-bond acceptors (Lipinski definition) is 3. The summed E-state index contributed by atoms with van der Waals surface area (Å²) in [6, 6.07) is 0. The van der Waals surface area contributed by atoms with Crippen molar-refractivity contribution in [3.05, 3.63) is 11.4 Å². The quantitative estimate of drug-likeness (QED) is 0.419. The maximum Gasteiger partial charge on any atom is 0.410 e. The molecule has 0 aromatic heterocycles. The molecule has 1 rings (SSSR count). The van der Waals surface area contributed by atoms with Crippen molar-refractivity contribution in [2.75, 3.05) is 26.2 Å². The van der Waals surface area contributed by atoms with E-state index in [1.807, 2.05) is 20.8 Å². The van der Waals surface area contributed by atoms with Gasteiger partial charge >= 0.3 is 6.09 Å². The minimum Gasteiger partial charge on any atom is -0.444 e. The van der Waals surface area contributed by atoms with Crippen molar-refractivity contribution in [2.24, 2.45) is 0 Å². The van der Waals surface area contributed by atoms with Gasteiger partial charge in [0.15, 0.2) is 0 Å². The number of hydrogen-bond donors (Lipinski definition) is 0. The number of amides is 1. The lowest BCUT2D eigenvalue weighted by Crippen LogP contribution is -2.39. The Hall–Kier alpha value is -1.28. The Morgan fingerprint density at radius 1 is 1.59 bits per heavy atom. The van der Waals surface area contributed by atoms with Crippen molar-refractivity contribution >= 4 is 6.09 Å². The van der Waals surface area contributed by atoms with Gasteiger partial charge in [0.1, 0.15) is 5.60 Å². The van der Waals surface area contributed by atoms with Crippen LogP contribution >= 0.6 is 0 Å². The average Bonchev–Trinajstić information content (AvgIpc) is 2.97. The Balaban J connectivity index is 2.42. The van der Waals surface area contributed by atoms with Crippen LogP contribution < -0.4 is 0 Å². The molecule has 0 bridgehead atoms. The molecule has 1 saturated heterocycles. The summed E-state index contributed by atoms with van der Waals surface area (Å²) in [7, 11) is 0. The molecule has 5 heteroatoms. The van der Waals surface area contributed by atoms with Crippen LogP contribution in [0, 0.1) is 6.57 Å². The van der Waals surface area contributed by atoms with E-state index in [-0.39, 0.29) is 12.2 Å². The minimum atomic E-state index is -0.487. The summed E-state index contributed by atoms with van der Waals surface area (Å²) in [6.07, 6.45) is 0.503. The number of rotatable bonds is 5. The second-order valence-electron chi connectivity index (χ2n) is 5.12. The van der Waals surface area contributed by atoms with Gasteiger partial charge in [0.25, 0.3) is 0 Å². The zero-order valence-corrected chi connectivity index (χ0v) is 10.7. The monoisotopic (exact) mass is 240 g/mol. The van der Waals surface area contributed by atoms with Gasteiger partial charge in [-0.1, -0.05) is 0 Å². The summed E-state index contributed by atoms with van der Waals surface area (Å²) < 4.78 is 10.4. The summed E-state index contributed by atoms with van der Waals surface area (Å²) in [4.78, 5) is 16.8. The van der Waals surface area contributed by atoms with Gasteiger partial charge in [-0.2, -0.15) is 0 Å². The van der Waals surface area contributed by atoms with Gasteiger partial charge in [0.2, 0.25) is 6.54 Å². The number of nitrogens with zero attached hydrogens (tertiary/aromatic N) is 2. The normalized spacial score (nSPS) is 18.4. The molecule has 0 aromatic rings. The number of epoxide rings is 1. The van der Waals surface area contributed by atoms with Crippen molar-refractivity contribution < 1.29 is 14.3 Å². The van der Waals surface area contributed by atoms with Crippen molar-refractivity contribution in [1.82, 2.24) is 4.90 Å². The molecule has 1 unspecified atom stereocenters. The minimum absolute atomic E-state index is 0.149. The molecule has 17 heavy (non-hydrogen) atoms. The van der Waals surface area contributed by atoms with Crippen LogP contribution in [0.15, 0.2) is 0 Å². The molecule has 1 amide bonds. The van der Waals surface area contributed by atoms with E-state index in [0.29, 0.717) is 32.7 Å². The lowest BCUT2D eigenvalue weighted by atomic mass is 10.2. The number of ether oxygens (including phenoxy) is 2. The summed E-state index contributed by atoms with van der Waals surface area (Å²) in [5, 5.41) is 0. The Morgan fingerprint density at radius 3 is 2.71 bits per heavy atom. The predicted octanol–water partition coefficient (Wildman–Crippen LogP) is 1.93. The van der Waals surface area contributed by atoms with Crippen LogP contribution in [0.3, 0.4) is 0 Å². The second kappa shape index (κ2) is 5.87. The lowest BCUT2D eigenvalue weighted by molar-refractivity contribution is 0.0237. The van der Waals surface area contributed by atoms with Crippen molar-refractivity contribution in [2.45, 2.75) is 38.9 Å². The summed E-state index contributed by atoms with van der Waals surface area (Å²) >= 11 is 0. The molecule has 1 atom stereocenters. The molecule has 0 spiro atoms. The third-order valence-corrected chi connectivity index (χ3v) is 2.18. The third kappa shape index (κ3) is 6.12. The first-order valence-electron chi connectivity index (χ1n) is 5.85. The topological polar surface area (TPSA) is 46.4 Å². The zero-order valence-electron chi connectivity index (χ0n) is 10.7. The highest BCUT2D eigenvalue weighted by Crippen LogP contribution is 2.15. The molecule has 1 heterocycles. The van der Waals surface area contributed by atoms with Gasteiger partial charge in [-0.05, 0) is 20.8 Å². The van der Waals surface area contributed by atoms with Gasteiger partial charge in [-0.3, -0.25) is 0 Å². The Morgan fingerprint density at radius 2 is 2.24 bits per heavy atom. The lowest BCUT2D eigenvalue weighted by Gasteiger charge is -2.26. The van der Waals surface area contributed by atoms with Crippen LogP contribution in [0.4, 0.5) is 4.79 Å². The first-order chi connectivity index (χ1) is 7.92. The maximum atomic E-state index is 11.9. The Kier molecular flexibility index (Phi) is 4.76. The van der Waals surface area contributed by atoms with Gasteiger partial charge in [-0.15, -0.1) is 0 Å².